The van der Waals surface area contributed by atoms with Crippen molar-refractivity contribution in [2.75, 3.05) is 39.8 Å². The number of hydrogen-bond acceptors (Lipinski definition) is 4. The molecule has 1 aliphatic rings. The SMILES string of the molecule is CCCOc1c(Br)cc(Br)cc1/C=N\N1CCN(C)CC1. The topological polar surface area (TPSA) is 28.1 Å². The number of likely N-dealkylation sites (N-methyl/N-ethyl adjacent to an activating group) is 1. The van der Waals surface area contributed by atoms with Crippen LogP contribution in [-0.4, -0.2) is 56.0 Å². The fourth-order valence-electron chi connectivity index (χ4n) is 2.09. The Morgan fingerprint density at radius 1 is 1.24 bits per heavy atom. The summed E-state index contributed by atoms with van der Waals surface area (Å²) < 4.78 is 7.80. The van der Waals surface area contributed by atoms with E-state index in [9.17, 15) is 0 Å². The number of rotatable bonds is 5. The first kappa shape index (κ1) is 16.8. The highest BCUT2D eigenvalue weighted by atomic mass is 79.9. The van der Waals surface area contributed by atoms with Gasteiger partial charge in [0.15, 0.2) is 0 Å². The molecule has 0 spiro atoms. The average Bonchev–Trinajstić information content (AvgIpc) is 2.45. The van der Waals surface area contributed by atoms with Crippen LogP contribution in [0.2, 0.25) is 0 Å². The Morgan fingerprint density at radius 3 is 2.62 bits per heavy atom. The standard InChI is InChI=1S/C15H21Br2N3O/c1-3-8-21-15-12(9-13(16)10-14(15)17)11-18-20-6-4-19(2)5-7-20/h9-11H,3-8H2,1-2H3/b18-11-. The first-order valence-electron chi connectivity index (χ1n) is 7.19. The quantitative estimate of drug-likeness (QED) is 0.684. The number of hydrogen-bond donors (Lipinski definition) is 0. The summed E-state index contributed by atoms with van der Waals surface area (Å²) in [4.78, 5) is 2.32. The van der Waals surface area contributed by atoms with Crippen LogP contribution in [0.15, 0.2) is 26.2 Å². The molecule has 6 heteroatoms. The second kappa shape index (κ2) is 8.15. The maximum absolute atomic E-state index is 5.84. The van der Waals surface area contributed by atoms with Crippen molar-refractivity contribution in [1.29, 1.82) is 0 Å². The van der Waals surface area contributed by atoms with E-state index in [0.29, 0.717) is 6.61 Å². The van der Waals surface area contributed by atoms with Gasteiger partial charge in [0.1, 0.15) is 5.75 Å². The maximum atomic E-state index is 5.84. The Morgan fingerprint density at radius 2 is 1.95 bits per heavy atom. The van der Waals surface area contributed by atoms with Crippen LogP contribution in [0.4, 0.5) is 0 Å². The van der Waals surface area contributed by atoms with Crippen LogP contribution in [0.25, 0.3) is 0 Å². The van der Waals surface area contributed by atoms with Crippen LogP contribution >= 0.6 is 31.9 Å². The molecule has 4 nitrogen and oxygen atoms in total. The molecular formula is C15H21Br2N3O. The largest absolute Gasteiger partial charge is 0.492 e. The summed E-state index contributed by atoms with van der Waals surface area (Å²) in [7, 11) is 2.14. The molecule has 1 aliphatic heterocycles. The van der Waals surface area contributed by atoms with E-state index >= 15 is 0 Å². The predicted molar refractivity (Wildman–Crippen MR) is 94.3 cm³/mol. The van der Waals surface area contributed by atoms with E-state index in [1.54, 1.807) is 0 Å². The van der Waals surface area contributed by atoms with Gasteiger partial charge in [-0.2, -0.15) is 5.10 Å². The number of piperazine rings is 1. The monoisotopic (exact) mass is 417 g/mol. The number of ether oxygens (including phenoxy) is 1. The summed E-state index contributed by atoms with van der Waals surface area (Å²) in [6.07, 6.45) is 2.88. The van der Waals surface area contributed by atoms with Gasteiger partial charge in [-0.3, -0.25) is 5.01 Å². The third kappa shape index (κ3) is 4.97. The first-order valence-corrected chi connectivity index (χ1v) is 8.78. The van der Waals surface area contributed by atoms with Crippen LogP contribution in [0, 0.1) is 0 Å². The molecule has 116 valence electrons. The van der Waals surface area contributed by atoms with E-state index in [4.69, 9.17) is 4.74 Å². The molecule has 0 aliphatic carbocycles. The minimum atomic E-state index is 0.704. The van der Waals surface area contributed by atoms with Crippen LogP contribution in [0.5, 0.6) is 5.75 Å². The van der Waals surface area contributed by atoms with E-state index in [1.807, 2.05) is 18.3 Å². The van der Waals surface area contributed by atoms with Gasteiger partial charge in [0.25, 0.3) is 0 Å². The van der Waals surface area contributed by atoms with Gasteiger partial charge in [-0.15, -0.1) is 0 Å². The van der Waals surface area contributed by atoms with Gasteiger partial charge in [-0.05, 0) is 41.5 Å². The minimum absolute atomic E-state index is 0.704. The van der Waals surface area contributed by atoms with Gasteiger partial charge in [-0.25, -0.2) is 0 Å². The number of halogens is 2. The van der Waals surface area contributed by atoms with Crippen molar-refractivity contribution in [3.05, 3.63) is 26.6 Å². The Hall–Kier alpha value is -0.590. The van der Waals surface area contributed by atoms with Crippen molar-refractivity contribution in [2.24, 2.45) is 5.10 Å². The molecule has 0 radical (unpaired) electrons. The zero-order valence-electron chi connectivity index (χ0n) is 12.5. The van der Waals surface area contributed by atoms with Gasteiger partial charge >= 0.3 is 0 Å². The Bertz CT molecular complexity index is 500. The maximum Gasteiger partial charge on any atom is 0.142 e. The molecule has 1 aromatic carbocycles. The van der Waals surface area contributed by atoms with Gasteiger partial charge in [-0.1, -0.05) is 22.9 Å². The molecule has 1 fully saturated rings. The third-order valence-electron chi connectivity index (χ3n) is 3.33. The normalized spacial score (nSPS) is 16.7. The molecule has 0 amide bonds. The van der Waals surface area contributed by atoms with Crippen molar-refractivity contribution in [3.63, 3.8) is 0 Å². The van der Waals surface area contributed by atoms with E-state index in [-0.39, 0.29) is 0 Å². The zero-order chi connectivity index (χ0) is 15.2. The van der Waals surface area contributed by atoms with Crippen molar-refractivity contribution < 1.29 is 4.74 Å². The Labute approximate surface area is 143 Å². The van der Waals surface area contributed by atoms with Crippen molar-refractivity contribution in [3.8, 4) is 5.75 Å². The average molecular weight is 419 g/mol. The van der Waals surface area contributed by atoms with Gasteiger partial charge in [0.05, 0.1) is 17.3 Å². The first-order chi connectivity index (χ1) is 10.1. The third-order valence-corrected chi connectivity index (χ3v) is 4.37. The summed E-state index contributed by atoms with van der Waals surface area (Å²) in [5, 5.41) is 6.71. The summed E-state index contributed by atoms with van der Waals surface area (Å²) in [5.41, 5.74) is 0.989. The molecule has 2 rings (SSSR count). The second-order valence-corrected chi connectivity index (χ2v) is 6.93. The molecule has 0 atom stereocenters. The van der Waals surface area contributed by atoms with Crippen LogP contribution < -0.4 is 4.74 Å². The van der Waals surface area contributed by atoms with Crippen LogP contribution in [0.3, 0.4) is 0 Å². The smallest absolute Gasteiger partial charge is 0.142 e. The summed E-state index contributed by atoms with van der Waals surface area (Å²) in [5.74, 6) is 0.859. The lowest BCUT2D eigenvalue weighted by Gasteiger charge is -2.30. The number of nitrogens with zero attached hydrogens (tertiary/aromatic N) is 3. The molecule has 0 N–H and O–H groups in total. The summed E-state index contributed by atoms with van der Waals surface area (Å²) in [6.45, 7) is 6.85. The lowest BCUT2D eigenvalue weighted by Crippen LogP contribution is -2.41. The highest BCUT2D eigenvalue weighted by molar-refractivity contribution is 9.11. The van der Waals surface area contributed by atoms with Gasteiger partial charge < -0.3 is 9.64 Å². The summed E-state index contributed by atoms with van der Waals surface area (Å²) >= 11 is 7.09. The molecule has 0 unspecified atom stereocenters. The molecule has 1 aromatic rings. The molecule has 0 bridgehead atoms. The zero-order valence-corrected chi connectivity index (χ0v) is 15.7. The number of benzene rings is 1. The van der Waals surface area contributed by atoms with E-state index in [1.165, 1.54) is 0 Å². The van der Waals surface area contributed by atoms with Crippen molar-refractivity contribution in [2.45, 2.75) is 13.3 Å². The summed E-state index contributed by atoms with van der Waals surface area (Å²) in [6, 6.07) is 4.04. The minimum Gasteiger partial charge on any atom is -0.492 e. The molecule has 1 saturated heterocycles. The molecule has 0 saturated carbocycles. The molecule has 0 aromatic heterocycles. The van der Waals surface area contributed by atoms with Crippen LogP contribution in [-0.2, 0) is 0 Å². The van der Waals surface area contributed by atoms with Gasteiger partial charge in [0.2, 0.25) is 0 Å². The fourth-order valence-corrected chi connectivity index (χ4v) is 3.46. The number of hydrazone groups is 1. The fraction of sp³-hybridized carbons (Fsp3) is 0.533. The molecule has 21 heavy (non-hydrogen) atoms. The van der Waals surface area contributed by atoms with Crippen molar-refractivity contribution in [1.82, 2.24) is 9.91 Å². The highest BCUT2D eigenvalue weighted by Gasteiger charge is 2.12. The van der Waals surface area contributed by atoms with Crippen LogP contribution in [0.1, 0.15) is 18.9 Å². The van der Waals surface area contributed by atoms with Gasteiger partial charge in [0, 0.05) is 36.2 Å². The Balaban J connectivity index is 2.13. The second-order valence-electron chi connectivity index (χ2n) is 5.16. The van der Waals surface area contributed by atoms with Crippen molar-refractivity contribution >= 4 is 38.1 Å². The highest BCUT2D eigenvalue weighted by Crippen LogP contribution is 2.32. The lowest BCUT2D eigenvalue weighted by molar-refractivity contribution is 0.159. The van der Waals surface area contributed by atoms with E-state index < -0.39 is 0 Å². The van der Waals surface area contributed by atoms with E-state index in [0.717, 1.165) is 52.9 Å². The molecule has 1 heterocycles. The predicted octanol–water partition coefficient (Wildman–Crippen LogP) is 3.58. The Kier molecular flexibility index (Phi) is 6.51. The molecular weight excluding hydrogens is 398 g/mol. The van der Waals surface area contributed by atoms with E-state index in [2.05, 4.69) is 60.8 Å². The lowest BCUT2D eigenvalue weighted by atomic mass is 10.2.